The first kappa shape index (κ1) is 16.0. The number of benzene rings is 1. The Morgan fingerprint density at radius 2 is 2.00 bits per heavy atom. The van der Waals surface area contributed by atoms with Gasteiger partial charge in [-0.15, -0.1) is 0 Å². The highest BCUT2D eigenvalue weighted by Gasteiger charge is 2.25. The molecular formula is C16H21F2NO2. The van der Waals surface area contributed by atoms with E-state index in [0.717, 1.165) is 31.2 Å². The average molecular weight is 297 g/mol. The summed E-state index contributed by atoms with van der Waals surface area (Å²) in [5, 5.41) is 0. The third kappa shape index (κ3) is 4.32. The molecule has 1 heterocycles. The van der Waals surface area contributed by atoms with E-state index in [4.69, 9.17) is 4.74 Å². The van der Waals surface area contributed by atoms with Crippen molar-refractivity contribution < 1.29 is 18.3 Å². The van der Waals surface area contributed by atoms with Crippen molar-refractivity contribution in [3.05, 3.63) is 35.4 Å². The van der Waals surface area contributed by atoms with Crippen LogP contribution in [0.1, 0.15) is 37.0 Å². The summed E-state index contributed by atoms with van der Waals surface area (Å²) in [7, 11) is 0. The largest absolute Gasteiger partial charge is 0.376 e. The van der Waals surface area contributed by atoms with Crippen LogP contribution >= 0.6 is 0 Å². The molecule has 1 fully saturated rings. The maximum atomic E-state index is 13.1. The second-order valence-electron chi connectivity index (χ2n) is 5.53. The lowest BCUT2D eigenvalue weighted by Gasteiger charge is -2.38. The SMILES string of the molecule is CCC1COC(C)CN1CCC(=O)c1cc(F)cc(F)c1. The molecule has 2 atom stereocenters. The molecule has 21 heavy (non-hydrogen) atoms. The quantitative estimate of drug-likeness (QED) is 0.782. The summed E-state index contributed by atoms with van der Waals surface area (Å²) in [6.45, 7) is 6.12. The molecule has 116 valence electrons. The summed E-state index contributed by atoms with van der Waals surface area (Å²) >= 11 is 0. The number of ketones is 1. The number of rotatable bonds is 5. The molecule has 0 aliphatic carbocycles. The van der Waals surface area contributed by atoms with Crippen LogP contribution in [-0.4, -0.2) is 42.5 Å². The second-order valence-corrected chi connectivity index (χ2v) is 5.53. The van der Waals surface area contributed by atoms with E-state index in [1.54, 1.807) is 0 Å². The number of Topliss-reactive ketones (excluding diaryl/α,β-unsaturated/α-hetero) is 1. The first-order valence-corrected chi connectivity index (χ1v) is 7.34. The predicted octanol–water partition coefficient (Wildman–Crippen LogP) is 3.04. The van der Waals surface area contributed by atoms with Crippen LogP contribution in [0.25, 0.3) is 0 Å². The van der Waals surface area contributed by atoms with Gasteiger partial charge in [-0.05, 0) is 25.5 Å². The summed E-state index contributed by atoms with van der Waals surface area (Å²) in [4.78, 5) is 14.3. The zero-order chi connectivity index (χ0) is 15.4. The van der Waals surface area contributed by atoms with Crippen molar-refractivity contribution in [2.75, 3.05) is 19.7 Å². The highest BCUT2D eigenvalue weighted by molar-refractivity contribution is 5.96. The molecule has 0 radical (unpaired) electrons. The topological polar surface area (TPSA) is 29.5 Å². The Morgan fingerprint density at radius 3 is 2.62 bits per heavy atom. The molecule has 2 unspecified atom stereocenters. The van der Waals surface area contributed by atoms with Gasteiger partial charge >= 0.3 is 0 Å². The highest BCUT2D eigenvalue weighted by atomic mass is 19.1. The van der Waals surface area contributed by atoms with E-state index >= 15 is 0 Å². The average Bonchev–Trinajstić information content (AvgIpc) is 2.43. The fraction of sp³-hybridized carbons (Fsp3) is 0.562. The van der Waals surface area contributed by atoms with Gasteiger partial charge in [-0.2, -0.15) is 0 Å². The van der Waals surface area contributed by atoms with Crippen molar-refractivity contribution in [3.63, 3.8) is 0 Å². The molecular weight excluding hydrogens is 276 g/mol. The molecule has 0 aromatic heterocycles. The summed E-state index contributed by atoms with van der Waals surface area (Å²) in [6.07, 6.45) is 1.36. The van der Waals surface area contributed by atoms with Crippen LogP contribution in [-0.2, 0) is 4.74 Å². The van der Waals surface area contributed by atoms with Crippen LogP contribution < -0.4 is 0 Å². The highest BCUT2D eigenvalue weighted by Crippen LogP contribution is 2.16. The summed E-state index contributed by atoms with van der Waals surface area (Å²) in [6, 6.07) is 3.25. The molecule has 0 saturated carbocycles. The Kier molecular flexibility index (Phi) is 5.42. The molecule has 1 aromatic carbocycles. The fourth-order valence-electron chi connectivity index (χ4n) is 2.67. The van der Waals surface area contributed by atoms with Gasteiger partial charge in [-0.1, -0.05) is 6.92 Å². The number of halogens is 2. The molecule has 1 aliphatic heterocycles. The third-order valence-corrected chi connectivity index (χ3v) is 3.86. The number of carbonyl (C=O) groups is 1. The van der Waals surface area contributed by atoms with Gasteiger partial charge in [0.05, 0.1) is 12.7 Å². The minimum absolute atomic E-state index is 0.0989. The van der Waals surface area contributed by atoms with E-state index < -0.39 is 11.6 Å². The lowest BCUT2D eigenvalue weighted by atomic mass is 10.1. The molecule has 1 aromatic rings. The van der Waals surface area contributed by atoms with E-state index in [1.807, 2.05) is 6.92 Å². The first-order chi connectivity index (χ1) is 9.99. The first-order valence-electron chi connectivity index (χ1n) is 7.34. The molecule has 2 rings (SSSR count). The van der Waals surface area contributed by atoms with E-state index in [1.165, 1.54) is 0 Å². The minimum Gasteiger partial charge on any atom is -0.376 e. The van der Waals surface area contributed by atoms with Gasteiger partial charge in [0.2, 0.25) is 0 Å². The molecule has 1 saturated heterocycles. The summed E-state index contributed by atoms with van der Waals surface area (Å²) in [5.41, 5.74) is 0.0989. The molecule has 5 heteroatoms. The van der Waals surface area contributed by atoms with E-state index in [2.05, 4.69) is 11.8 Å². The van der Waals surface area contributed by atoms with Crippen molar-refractivity contribution in [2.24, 2.45) is 0 Å². The Bertz CT molecular complexity index is 487. The van der Waals surface area contributed by atoms with Crippen LogP contribution in [0.15, 0.2) is 18.2 Å². The molecule has 3 nitrogen and oxygen atoms in total. The van der Waals surface area contributed by atoms with Crippen molar-refractivity contribution in [3.8, 4) is 0 Å². The predicted molar refractivity (Wildman–Crippen MR) is 76.4 cm³/mol. The van der Waals surface area contributed by atoms with Crippen molar-refractivity contribution in [1.82, 2.24) is 4.90 Å². The number of hydrogen-bond acceptors (Lipinski definition) is 3. The molecule has 0 amide bonds. The molecule has 0 bridgehead atoms. The molecule has 1 aliphatic rings. The lowest BCUT2D eigenvalue weighted by molar-refractivity contribution is -0.0553. The van der Waals surface area contributed by atoms with Gasteiger partial charge < -0.3 is 4.74 Å². The normalized spacial score (nSPS) is 23.2. The smallest absolute Gasteiger partial charge is 0.164 e. The zero-order valence-electron chi connectivity index (χ0n) is 12.4. The standard InChI is InChI=1S/C16H21F2NO2/c1-3-15-10-21-11(2)9-19(15)5-4-16(20)12-6-13(17)8-14(18)7-12/h6-8,11,15H,3-5,9-10H2,1-2H3. The van der Waals surface area contributed by atoms with Gasteiger partial charge in [-0.25, -0.2) is 8.78 Å². The van der Waals surface area contributed by atoms with Gasteiger partial charge in [-0.3, -0.25) is 9.69 Å². The van der Waals surface area contributed by atoms with Crippen LogP contribution in [0.4, 0.5) is 8.78 Å². The number of morpholine rings is 1. The van der Waals surface area contributed by atoms with Crippen LogP contribution in [0.3, 0.4) is 0 Å². The summed E-state index contributed by atoms with van der Waals surface area (Å²) < 4.78 is 31.9. The third-order valence-electron chi connectivity index (χ3n) is 3.86. The lowest BCUT2D eigenvalue weighted by Crippen LogP contribution is -2.49. The fourth-order valence-corrected chi connectivity index (χ4v) is 2.67. The molecule has 0 N–H and O–H groups in total. The molecule has 0 spiro atoms. The minimum atomic E-state index is -0.718. The number of ether oxygens (including phenoxy) is 1. The van der Waals surface area contributed by atoms with Gasteiger partial charge in [0.1, 0.15) is 11.6 Å². The van der Waals surface area contributed by atoms with Crippen molar-refractivity contribution >= 4 is 5.78 Å². The number of carbonyl (C=O) groups excluding carboxylic acids is 1. The Hall–Kier alpha value is -1.33. The van der Waals surface area contributed by atoms with Gasteiger partial charge in [0.15, 0.2) is 5.78 Å². The Morgan fingerprint density at radius 1 is 1.33 bits per heavy atom. The van der Waals surface area contributed by atoms with E-state index in [9.17, 15) is 13.6 Å². The maximum absolute atomic E-state index is 13.1. The van der Waals surface area contributed by atoms with Gasteiger partial charge in [0, 0.05) is 37.2 Å². The second kappa shape index (κ2) is 7.09. The van der Waals surface area contributed by atoms with Crippen molar-refractivity contribution in [1.29, 1.82) is 0 Å². The zero-order valence-corrected chi connectivity index (χ0v) is 12.4. The summed E-state index contributed by atoms with van der Waals surface area (Å²) in [5.74, 6) is -1.67. The van der Waals surface area contributed by atoms with Gasteiger partial charge in [0.25, 0.3) is 0 Å². The number of hydrogen-bond donors (Lipinski definition) is 0. The van der Waals surface area contributed by atoms with Crippen molar-refractivity contribution in [2.45, 2.75) is 38.8 Å². The maximum Gasteiger partial charge on any atom is 0.164 e. The van der Waals surface area contributed by atoms with Crippen LogP contribution in [0.5, 0.6) is 0 Å². The Balaban J connectivity index is 1.96. The number of nitrogens with zero attached hydrogens (tertiary/aromatic N) is 1. The van der Waals surface area contributed by atoms with E-state index in [-0.39, 0.29) is 23.9 Å². The van der Waals surface area contributed by atoms with Crippen LogP contribution in [0, 0.1) is 11.6 Å². The van der Waals surface area contributed by atoms with Crippen LogP contribution in [0.2, 0.25) is 0 Å². The Labute approximate surface area is 123 Å². The van der Waals surface area contributed by atoms with E-state index in [0.29, 0.717) is 19.2 Å². The monoisotopic (exact) mass is 297 g/mol.